The summed E-state index contributed by atoms with van der Waals surface area (Å²) < 4.78 is 62.9. The van der Waals surface area contributed by atoms with E-state index in [0.717, 1.165) is 16.7 Å². The van der Waals surface area contributed by atoms with Crippen molar-refractivity contribution >= 4 is 34.6 Å². The highest BCUT2D eigenvalue weighted by atomic mass is 19.4. The third-order valence-electron chi connectivity index (χ3n) is 7.45. The van der Waals surface area contributed by atoms with Crippen LogP contribution in [0.25, 0.3) is 10.9 Å². The van der Waals surface area contributed by atoms with Crippen LogP contribution < -0.4 is 15.8 Å². The smallest absolute Gasteiger partial charge is 0.416 e. The summed E-state index contributed by atoms with van der Waals surface area (Å²) in [5.74, 6) is -1.74. The molecule has 0 spiro atoms. The molecule has 1 fully saturated rings. The number of hydrogen-bond donors (Lipinski definition) is 2. The molecule has 11 nitrogen and oxygen atoms in total. The first-order valence-electron chi connectivity index (χ1n) is 14.4. The Kier molecular flexibility index (Phi) is 9.64. The van der Waals surface area contributed by atoms with Gasteiger partial charge in [0.15, 0.2) is 0 Å². The average Bonchev–Trinajstić information content (AvgIpc) is 2.94. The van der Waals surface area contributed by atoms with Crippen LogP contribution in [-0.4, -0.2) is 75.5 Å². The SMILES string of the molecule is Cc1nc2cc(C(F)(F)F)c(CN(C)c3ccc(C(=O)N4CCC(F)C(NC(=O)OC(C)(C)C)C4)cc3)cc2c(=O)n1CC(=O)O. The number of piperidine rings is 1. The maximum Gasteiger partial charge on any atom is 0.416 e. The highest BCUT2D eigenvalue weighted by molar-refractivity contribution is 5.94. The maximum absolute atomic E-state index is 14.6. The summed E-state index contributed by atoms with van der Waals surface area (Å²) in [5, 5.41) is 11.5. The zero-order valence-corrected chi connectivity index (χ0v) is 25.9. The van der Waals surface area contributed by atoms with Gasteiger partial charge in [-0.1, -0.05) is 0 Å². The van der Waals surface area contributed by atoms with Crippen LogP contribution in [0.15, 0.2) is 41.2 Å². The van der Waals surface area contributed by atoms with Gasteiger partial charge in [0, 0.05) is 37.9 Å². The van der Waals surface area contributed by atoms with E-state index in [1.54, 1.807) is 32.9 Å². The largest absolute Gasteiger partial charge is 0.480 e. The second kappa shape index (κ2) is 13.0. The fourth-order valence-corrected chi connectivity index (χ4v) is 5.23. The Bertz CT molecular complexity index is 1700. The van der Waals surface area contributed by atoms with E-state index in [2.05, 4.69) is 10.3 Å². The van der Waals surface area contributed by atoms with Crippen LogP contribution in [-0.2, 0) is 28.8 Å². The van der Waals surface area contributed by atoms with Gasteiger partial charge in [0.05, 0.1) is 22.5 Å². The number of carbonyl (C=O) groups is 3. The number of benzene rings is 2. The summed E-state index contributed by atoms with van der Waals surface area (Å²) in [5.41, 5.74) is -2.26. The number of hydrogen-bond acceptors (Lipinski definition) is 7. The number of anilines is 1. The number of rotatable bonds is 7. The van der Waals surface area contributed by atoms with Crippen LogP contribution in [0, 0.1) is 6.92 Å². The molecular formula is C31H35F4N5O6. The quantitative estimate of drug-likeness (QED) is 0.357. The lowest BCUT2D eigenvalue weighted by atomic mass is 10.0. The topological polar surface area (TPSA) is 134 Å². The van der Waals surface area contributed by atoms with Crippen molar-refractivity contribution in [3.8, 4) is 0 Å². The molecule has 0 saturated carbocycles. The third kappa shape index (κ3) is 7.93. The van der Waals surface area contributed by atoms with Crippen LogP contribution >= 0.6 is 0 Å². The molecule has 1 aliphatic heterocycles. The zero-order valence-electron chi connectivity index (χ0n) is 25.9. The Hall–Kier alpha value is -4.69. The molecule has 0 radical (unpaired) electrons. The first-order valence-corrected chi connectivity index (χ1v) is 14.4. The van der Waals surface area contributed by atoms with Crippen molar-refractivity contribution in [2.45, 2.75) is 71.2 Å². The Labute approximate surface area is 261 Å². The number of halogens is 4. The summed E-state index contributed by atoms with van der Waals surface area (Å²) in [4.78, 5) is 56.6. The third-order valence-corrected chi connectivity index (χ3v) is 7.45. The number of fused-ring (bicyclic) bond motifs is 1. The minimum Gasteiger partial charge on any atom is -0.480 e. The molecule has 248 valence electrons. The van der Waals surface area contributed by atoms with E-state index in [0.29, 0.717) is 5.69 Å². The molecule has 4 rings (SSSR count). The fourth-order valence-electron chi connectivity index (χ4n) is 5.23. The van der Waals surface area contributed by atoms with Gasteiger partial charge in [-0.25, -0.2) is 14.2 Å². The summed E-state index contributed by atoms with van der Waals surface area (Å²) in [6.07, 6.45) is -6.92. The molecule has 2 aromatic carbocycles. The van der Waals surface area contributed by atoms with Gasteiger partial charge >= 0.3 is 18.2 Å². The predicted octanol–water partition coefficient (Wildman–Crippen LogP) is 4.52. The van der Waals surface area contributed by atoms with E-state index in [-0.39, 0.29) is 53.9 Å². The second-order valence-electron chi connectivity index (χ2n) is 12.2. The van der Waals surface area contributed by atoms with Gasteiger partial charge < -0.3 is 25.0 Å². The molecular weight excluding hydrogens is 614 g/mol. The molecule has 1 aromatic heterocycles. The van der Waals surface area contributed by atoms with Gasteiger partial charge in [0.2, 0.25) is 0 Å². The predicted molar refractivity (Wildman–Crippen MR) is 161 cm³/mol. The number of carboxylic acids is 1. The van der Waals surface area contributed by atoms with Gasteiger partial charge in [-0.15, -0.1) is 0 Å². The Balaban J connectivity index is 1.54. The zero-order chi connectivity index (χ0) is 34.1. The van der Waals surface area contributed by atoms with Gasteiger partial charge in [0.25, 0.3) is 11.5 Å². The normalized spacial score (nSPS) is 17.1. The number of aryl methyl sites for hydroxylation is 1. The minimum atomic E-state index is -4.77. The van der Waals surface area contributed by atoms with Gasteiger partial charge in [-0.3, -0.25) is 19.0 Å². The first-order chi connectivity index (χ1) is 21.3. The summed E-state index contributed by atoms with van der Waals surface area (Å²) in [6, 6.07) is 6.98. The molecule has 0 bridgehead atoms. The Morgan fingerprint density at radius 3 is 2.37 bits per heavy atom. The lowest BCUT2D eigenvalue weighted by Gasteiger charge is -2.35. The van der Waals surface area contributed by atoms with Crippen LogP contribution in [0.5, 0.6) is 0 Å². The van der Waals surface area contributed by atoms with E-state index < -0.39 is 59.6 Å². The van der Waals surface area contributed by atoms with Crippen LogP contribution in [0.3, 0.4) is 0 Å². The van der Waals surface area contributed by atoms with Crippen molar-refractivity contribution in [2.75, 3.05) is 25.0 Å². The lowest BCUT2D eigenvalue weighted by Crippen LogP contribution is -2.55. The number of ether oxygens (including phenoxy) is 1. The summed E-state index contributed by atoms with van der Waals surface area (Å²) >= 11 is 0. The molecule has 2 unspecified atom stereocenters. The van der Waals surface area contributed by atoms with E-state index in [1.807, 2.05) is 0 Å². The molecule has 15 heteroatoms. The van der Waals surface area contributed by atoms with Crippen molar-refractivity contribution in [3.05, 3.63) is 69.3 Å². The van der Waals surface area contributed by atoms with Gasteiger partial charge in [0.1, 0.15) is 24.1 Å². The van der Waals surface area contributed by atoms with Crippen LogP contribution in [0.2, 0.25) is 0 Å². The lowest BCUT2D eigenvalue weighted by molar-refractivity contribution is -0.138. The summed E-state index contributed by atoms with van der Waals surface area (Å²) in [7, 11) is 1.54. The number of amides is 2. The number of nitrogens with one attached hydrogen (secondary N) is 1. The van der Waals surface area contributed by atoms with Crippen molar-refractivity contribution in [3.63, 3.8) is 0 Å². The van der Waals surface area contributed by atoms with Crippen molar-refractivity contribution in [2.24, 2.45) is 0 Å². The molecule has 1 saturated heterocycles. The number of nitrogens with zero attached hydrogens (tertiary/aromatic N) is 4. The molecule has 1 aliphatic rings. The molecule has 0 aliphatic carbocycles. The molecule has 2 atom stereocenters. The number of alkyl carbamates (subject to hydrolysis) is 1. The number of aromatic nitrogens is 2. The highest BCUT2D eigenvalue weighted by Crippen LogP contribution is 2.35. The van der Waals surface area contributed by atoms with Crippen molar-refractivity contribution < 1.29 is 41.8 Å². The number of aliphatic carboxylic acids is 1. The molecule has 46 heavy (non-hydrogen) atoms. The molecule has 3 aromatic rings. The van der Waals surface area contributed by atoms with E-state index in [9.17, 15) is 36.7 Å². The van der Waals surface area contributed by atoms with E-state index >= 15 is 0 Å². The molecule has 2 heterocycles. The van der Waals surface area contributed by atoms with Crippen LogP contribution in [0.1, 0.15) is 54.5 Å². The Morgan fingerprint density at radius 1 is 1.13 bits per heavy atom. The summed E-state index contributed by atoms with van der Waals surface area (Å²) in [6.45, 7) is 5.43. The Morgan fingerprint density at radius 2 is 1.78 bits per heavy atom. The molecule has 2 N–H and O–H groups in total. The van der Waals surface area contributed by atoms with Gasteiger partial charge in [-0.05, 0) is 76.1 Å². The molecule has 2 amide bonds. The number of carboxylic acid groups (broad SMARTS) is 1. The monoisotopic (exact) mass is 649 g/mol. The van der Waals surface area contributed by atoms with E-state index in [1.165, 1.54) is 35.9 Å². The number of alkyl halides is 4. The minimum absolute atomic E-state index is 0.0107. The van der Waals surface area contributed by atoms with Crippen molar-refractivity contribution in [1.82, 2.24) is 19.8 Å². The van der Waals surface area contributed by atoms with Crippen molar-refractivity contribution in [1.29, 1.82) is 0 Å². The second-order valence-corrected chi connectivity index (χ2v) is 12.2. The van der Waals surface area contributed by atoms with Crippen LogP contribution in [0.4, 0.5) is 28.0 Å². The van der Waals surface area contributed by atoms with E-state index in [4.69, 9.17) is 9.84 Å². The highest BCUT2D eigenvalue weighted by Gasteiger charge is 2.36. The fraction of sp³-hybridized carbons (Fsp3) is 0.452. The number of likely N-dealkylation sites (tertiary alicyclic amines) is 1. The maximum atomic E-state index is 14.6. The number of carbonyl (C=O) groups excluding carboxylic acids is 2. The first kappa shape index (κ1) is 34.2. The van der Waals surface area contributed by atoms with Gasteiger partial charge in [-0.2, -0.15) is 13.2 Å². The average molecular weight is 650 g/mol. The standard InChI is InChI=1S/C31H35F4N5O6/c1-17-36-24-13-22(31(33,34)35)19(12-21(24)28(44)40(17)16-26(41)42)14-38(5)20-8-6-18(7-9-20)27(43)39-11-10-23(32)25(15-39)37-29(45)46-30(2,3)4/h6-9,12-13,23,25H,10-11,14-16H2,1-5H3,(H,37,45)(H,41,42).